The maximum atomic E-state index is 3.27. The van der Waals surface area contributed by atoms with E-state index in [1.165, 1.54) is 42.9 Å². The summed E-state index contributed by atoms with van der Waals surface area (Å²) in [6.07, 6.45) is 4.71. The standard InChI is InChI=1S/C12H14N2/c1-2-9-14(8-1)12-6-7-13-11-5-3-4-10(11)12/h3-7,13H,1-2,8-9H2. The summed E-state index contributed by atoms with van der Waals surface area (Å²) in [6, 6.07) is 8.63. The summed E-state index contributed by atoms with van der Waals surface area (Å²) in [7, 11) is 0. The number of anilines is 1. The van der Waals surface area contributed by atoms with Crippen LogP contribution in [0.3, 0.4) is 0 Å². The van der Waals surface area contributed by atoms with Crippen LogP contribution in [0.5, 0.6) is 0 Å². The van der Waals surface area contributed by atoms with Gasteiger partial charge < -0.3 is 9.88 Å². The number of H-pyrrole nitrogens is 1. The predicted molar refractivity (Wildman–Crippen MR) is 58.9 cm³/mol. The number of nitrogens with one attached hydrogen (secondary N) is 1. The largest absolute Gasteiger partial charge is 0.371 e. The highest BCUT2D eigenvalue weighted by atomic mass is 15.1. The summed E-state index contributed by atoms with van der Waals surface area (Å²) in [6.45, 7) is 2.43. The number of rotatable bonds is 1. The third-order valence-corrected chi connectivity index (χ3v) is 3.02. The molecule has 1 saturated heterocycles. The fraction of sp³-hybridized carbons (Fsp3) is 0.333. The van der Waals surface area contributed by atoms with Crippen LogP contribution in [0.15, 0.2) is 30.5 Å². The lowest BCUT2D eigenvalue weighted by atomic mass is 10.2. The Kier molecular flexibility index (Phi) is 1.72. The first-order chi connectivity index (χ1) is 6.95. The van der Waals surface area contributed by atoms with Crippen molar-refractivity contribution < 1.29 is 0 Å². The topological polar surface area (TPSA) is 19.0 Å². The van der Waals surface area contributed by atoms with Crippen LogP contribution < -0.4 is 4.90 Å². The molecule has 0 aromatic heterocycles. The molecule has 0 bridgehead atoms. The monoisotopic (exact) mass is 186 g/mol. The molecule has 0 amide bonds. The van der Waals surface area contributed by atoms with Gasteiger partial charge >= 0.3 is 0 Å². The lowest BCUT2D eigenvalue weighted by molar-refractivity contribution is 0.949. The number of pyridine rings is 1. The Balaban J connectivity index is 2.08. The fourth-order valence-corrected chi connectivity index (χ4v) is 2.30. The molecule has 2 heterocycles. The molecule has 0 spiro atoms. The number of nitrogens with zero attached hydrogens (tertiary/aromatic N) is 1. The van der Waals surface area contributed by atoms with E-state index in [9.17, 15) is 0 Å². The van der Waals surface area contributed by atoms with E-state index in [1.807, 2.05) is 6.20 Å². The van der Waals surface area contributed by atoms with Crippen molar-refractivity contribution in [2.45, 2.75) is 12.8 Å². The third kappa shape index (κ3) is 1.10. The Hall–Kier alpha value is -1.44. The number of aromatic amines is 1. The van der Waals surface area contributed by atoms with Crippen molar-refractivity contribution in [3.8, 4) is 11.3 Å². The molecule has 0 radical (unpaired) electrons. The van der Waals surface area contributed by atoms with Crippen molar-refractivity contribution in [1.29, 1.82) is 0 Å². The van der Waals surface area contributed by atoms with Gasteiger partial charge in [0.15, 0.2) is 0 Å². The Morgan fingerprint density at radius 3 is 2.79 bits per heavy atom. The van der Waals surface area contributed by atoms with E-state index in [0.717, 1.165) is 0 Å². The molecule has 14 heavy (non-hydrogen) atoms. The summed E-state index contributed by atoms with van der Waals surface area (Å²) in [5.41, 5.74) is 3.99. The molecule has 3 aliphatic rings. The van der Waals surface area contributed by atoms with Crippen molar-refractivity contribution >= 4 is 5.69 Å². The minimum atomic E-state index is 1.21. The number of hydrogen-bond donors (Lipinski definition) is 1. The van der Waals surface area contributed by atoms with Crippen LogP contribution in [-0.4, -0.2) is 18.1 Å². The average molecular weight is 186 g/mol. The Labute approximate surface area is 83.9 Å². The van der Waals surface area contributed by atoms with Crippen molar-refractivity contribution in [3.05, 3.63) is 30.5 Å². The van der Waals surface area contributed by atoms with Crippen molar-refractivity contribution in [2.75, 3.05) is 18.0 Å². The van der Waals surface area contributed by atoms with Gasteiger partial charge in [0.05, 0.1) is 0 Å². The smallest absolute Gasteiger partial charge is 0.0475 e. The highest BCUT2D eigenvalue weighted by molar-refractivity contribution is 5.78. The lowest BCUT2D eigenvalue weighted by Crippen LogP contribution is -2.18. The van der Waals surface area contributed by atoms with Crippen molar-refractivity contribution in [1.82, 2.24) is 4.98 Å². The van der Waals surface area contributed by atoms with Gasteiger partial charge in [-0.3, -0.25) is 0 Å². The van der Waals surface area contributed by atoms with Gasteiger partial charge in [0.25, 0.3) is 0 Å². The zero-order chi connectivity index (χ0) is 9.38. The maximum Gasteiger partial charge on any atom is 0.0475 e. The second kappa shape index (κ2) is 3.05. The summed E-state index contributed by atoms with van der Waals surface area (Å²) in [5.74, 6) is 0. The van der Waals surface area contributed by atoms with Gasteiger partial charge in [0.1, 0.15) is 0 Å². The van der Waals surface area contributed by atoms with E-state index in [4.69, 9.17) is 0 Å². The van der Waals surface area contributed by atoms with E-state index in [-0.39, 0.29) is 0 Å². The second-order valence-electron chi connectivity index (χ2n) is 3.91. The molecular formula is C12H14N2. The lowest BCUT2D eigenvalue weighted by Gasteiger charge is -2.20. The van der Waals surface area contributed by atoms with Gasteiger partial charge in [0.2, 0.25) is 0 Å². The quantitative estimate of drug-likeness (QED) is 0.725. The second-order valence-corrected chi connectivity index (χ2v) is 3.91. The maximum absolute atomic E-state index is 3.27. The zero-order valence-electron chi connectivity index (χ0n) is 8.16. The molecule has 0 aromatic carbocycles. The highest BCUT2D eigenvalue weighted by Crippen LogP contribution is 2.33. The third-order valence-electron chi connectivity index (χ3n) is 3.02. The molecule has 2 nitrogen and oxygen atoms in total. The van der Waals surface area contributed by atoms with Gasteiger partial charge in [-0.05, 0) is 25.0 Å². The summed E-state index contributed by atoms with van der Waals surface area (Å²) in [4.78, 5) is 5.75. The average Bonchev–Trinajstić information content (AvgIpc) is 2.88. The summed E-state index contributed by atoms with van der Waals surface area (Å²) in [5, 5.41) is 0. The molecule has 1 N–H and O–H groups in total. The molecule has 2 heteroatoms. The first-order valence-corrected chi connectivity index (χ1v) is 5.26. The first kappa shape index (κ1) is 7.92. The molecular weight excluding hydrogens is 172 g/mol. The van der Waals surface area contributed by atoms with E-state index in [2.05, 4.69) is 34.1 Å². The van der Waals surface area contributed by atoms with Crippen LogP contribution in [0, 0.1) is 0 Å². The molecule has 2 aliphatic heterocycles. The van der Waals surface area contributed by atoms with E-state index in [0.29, 0.717) is 0 Å². The molecule has 3 rings (SSSR count). The van der Waals surface area contributed by atoms with E-state index < -0.39 is 0 Å². The molecule has 0 aromatic rings. The molecule has 0 saturated carbocycles. The SMILES string of the molecule is c1cc2[nH]ccc(N3CCCC3)c-2c1. The van der Waals surface area contributed by atoms with E-state index in [1.54, 1.807) is 0 Å². The predicted octanol–water partition coefficient (Wildman–Crippen LogP) is 2.72. The van der Waals surface area contributed by atoms with Gasteiger partial charge in [0, 0.05) is 36.2 Å². The Morgan fingerprint density at radius 1 is 1.07 bits per heavy atom. The van der Waals surface area contributed by atoms with Crippen LogP contribution in [0.4, 0.5) is 5.69 Å². The Bertz CT molecular complexity index is 399. The van der Waals surface area contributed by atoms with Crippen LogP contribution >= 0.6 is 0 Å². The summed E-state index contributed by atoms with van der Waals surface area (Å²) >= 11 is 0. The van der Waals surface area contributed by atoms with Gasteiger partial charge in [-0.2, -0.15) is 0 Å². The fourth-order valence-electron chi connectivity index (χ4n) is 2.30. The zero-order valence-corrected chi connectivity index (χ0v) is 8.16. The van der Waals surface area contributed by atoms with Crippen LogP contribution in [-0.2, 0) is 0 Å². The number of fused-ring (bicyclic) bond motifs is 1. The van der Waals surface area contributed by atoms with Crippen LogP contribution in [0.1, 0.15) is 12.8 Å². The van der Waals surface area contributed by atoms with Gasteiger partial charge in [-0.15, -0.1) is 0 Å². The first-order valence-electron chi connectivity index (χ1n) is 5.26. The van der Waals surface area contributed by atoms with Gasteiger partial charge in [-0.1, -0.05) is 12.1 Å². The minimum Gasteiger partial charge on any atom is -0.371 e. The minimum absolute atomic E-state index is 1.21. The van der Waals surface area contributed by atoms with Gasteiger partial charge in [-0.25, -0.2) is 0 Å². The molecule has 0 unspecified atom stereocenters. The van der Waals surface area contributed by atoms with Crippen LogP contribution in [0.25, 0.3) is 11.3 Å². The highest BCUT2D eigenvalue weighted by Gasteiger charge is 2.17. The number of aromatic nitrogens is 1. The van der Waals surface area contributed by atoms with Crippen molar-refractivity contribution in [2.24, 2.45) is 0 Å². The molecule has 1 fully saturated rings. The van der Waals surface area contributed by atoms with Crippen LogP contribution in [0.2, 0.25) is 0 Å². The molecule has 72 valence electrons. The van der Waals surface area contributed by atoms with Crippen molar-refractivity contribution in [3.63, 3.8) is 0 Å². The number of hydrogen-bond acceptors (Lipinski definition) is 1. The Morgan fingerprint density at radius 2 is 1.93 bits per heavy atom. The molecule has 0 atom stereocenters. The molecule has 1 aliphatic carbocycles. The summed E-state index contributed by atoms with van der Waals surface area (Å²) < 4.78 is 0. The van der Waals surface area contributed by atoms with E-state index >= 15 is 0 Å². The normalized spacial score (nSPS) is 16.7.